The van der Waals surface area contributed by atoms with Gasteiger partial charge in [0.15, 0.2) is 5.82 Å². The number of benzene rings is 7. The van der Waals surface area contributed by atoms with Crippen LogP contribution >= 0.6 is 0 Å². The zero-order valence-corrected chi connectivity index (χ0v) is 27.6. The third-order valence-electron chi connectivity index (χ3n) is 9.77. The fourth-order valence-corrected chi connectivity index (χ4v) is 7.36. The molecule has 51 heavy (non-hydrogen) atoms. The van der Waals surface area contributed by atoms with Gasteiger partial charge in [-0.05, 0) is 53.9 Å². The molecule has 0 aliphatic heterocycles. The minimum atomic E-state index is 0.704. The van der Waals surface area contributed by atoms with Gasteiger partial charge < -0.3 is 4.57 Å². The summed E-state index contributed by atoms with van der Waals surface area (Å²) in [5.41, 5.74) is 11.3. The van der Waals surface area contributed by atoms with Gasteiger partial charge in [0.2, 0.25) is 0 Å². The Labute approximate surface area is 295 Å². The predicted octanol–water partition coefficient (Wildman–Crippen LogP) is 11.9. The first-order chi connectivity index (χ1) is 25.3. The lowest BCUT2D eigenvalue weighted by atomic mass is 9.97. The Morgan fingerprint density at radius 1 is 0.333 bits per heavy atom. The van der Waals surface area contributed by atoms with E-state index in [1.165, 1.54) is 5.39 Å². The number of hydrogen-bond acceptors (Lipinski definition) is 3. The molecule has 0 aliphatic carbocycles. The van der Waals surface area contributed by atoms with Gasteiger partial charge in [-0.25, -0.2) is 15.0 Å². The van der Waals surface area contributed by atoms with E-state index in [-0.39, 0.29) is 0 Å². The maximum absolute atomic E-state index is 5.24. The van der Waals surface area contributed by atoms with Crippen LogP contribution in [0.25, 0.3) is 94.3 Å². The minimum absolute atomic E-state index is 0.704. The summed E-state index contributed by atoms with van der Waals surface area (Å²) in [5.74, 6) is 0.704. The molecule has 4 heteroatoms. The topological polar surface area (TPSA) is 43.6 Å². The number of aromatic nitrogens is 4. The zero-order valence-electron chi connectivity index (χ0n) is 27.6. The highest BCUT2D eigenvalue weighted by Crippen LogP contribution is 2.41. The maximum atomic E-state index is 5.24. The van der Waals surface area contributed by atoms with E-state index in [1.54, 1.807) is 0 Å². The van der Waals surface area contributed by atoms with Crippen LogP contribution in [-0.4, -0.2) is 19.5 Å². The van der Waals surface area contributed by atoms with Crippen molar-refractivity contribution in [1.29, 1.82) is 0 Å². The highest BCUT2D eigenvalue weighted by Gasteiger charge is 2.19. The van der Waals surface area contributed by atoms with Crippen molar-refractivity contribution in [3.05, 3.63) is 182 Å². The SMILES string of the molecule is c1ccc(-c2cc(-c3ccc4c(c3)c3cc5c(-c6ccccc6)nc6ccccc6c5cc3n4-c3ccccc3)nc(-c3ccccc3)n2)cc1. The van der Waals surface area contributed by atoms with E-state index in [9.17, 15) is 0 Å². The van der Waals surface area contributed by atoms with Crippen LogP contribution in [-0.2, 0) is 0 Å². The number of nitrogens with zero attached hydrogens (tertiary/aromatic N) is 4. The van der Waals surface area contributed by atoms with Gasteiger partial charge in [0.25, 0.3) is 0 Å². The zero-order chi connectivity index (χ0) is 33.7. The third-order valence-corrected chi connectivity index (χ3v) is 9.77. The quantitative estimate of drug-likeness (QED) is 0.174. The summed E-state index contributed by atoms with van der Waals surface area (Å²) in [6.45, 7) is 0. The Morgan fingerprint density at radius 2 is 0.922 bits per heavy atom. The van der Waals surface area contributed by atoms with Gasteiger partial charge in [-0.2, -0.15) is 0 Å². The van der Waals surface area contributed by atoms with Crippen LogP contribution in [0.15, 0.2) is 182 Å². The van der Waals surface area contributed by atoms with Crippen molar-refractivity contribution in [1.82, 2.24) is 19.5 Å². The lowest BCUT2D eigenvalue weighted by Gasteiger charge is -2.12. The van der Waals surface area contributed by atoms with Crippen molar-refractivity contribution in [3.63, 3.8) is 0 Å². The first-order valence-electron chi connectivity index (χ1n) is 17.2. The molecule has 0 atom stereocenters. The second-order valence-corrected chi connectivity index (χ2v) is 12.9. The predicted molar refractivity (Wildman–Crippen MR) is 211 cm³/mol. The molecule has 0 saturated heterocycles. The van der Waals surface area contributed by atoms with Crippen molar-refractivity contribution >= 4 is 43.5 Å². The smallest absolute Gasteiger partial charge is 0.160 e. The second-order valence-electron chi connectivity index (χ2n) is 12.9. The summed E-state index contributed by atoms with van der Waals surface area (Å²) < 4.78 is 2.38. The van der Waals surface area contributed by atoms with Gasteiger partial charge in [0.1, 0.15) is 0 Å². The molecule has 0 unspecified atom stereocenters. The maximum Gasteiger partial charge on any atom is 0.160 e. The van der Waals surface area contributed by atoms with Crippen molar-refractivity contribution in [2.45, 2.75) is 0 Å². The molecular formula is C47H30N4. The van der Waals surface area contributed by atoms with Gasteiger partial charge in [-0.3, -0.25) is 0 Å². The van der Waals surface area contributed by atoms with Crippen molar-refractivity contribution in [2.24, 2.45) is 0 Å². The lowest BCUT2D eigenvalue weighted by Crippen LogP contribution is -1.96. The minimum Gasteiger partial charge on any atom is -0.309 e. The monoisotopic (exact) mass is 650 g/mol. The molecule has 0 bridgehead atoms. The first-order valence-corrected chi connectivity index (χ1v) is 17.2. The van der Waals surface area contributed by atoms with Gasteiger partial charge in [0, 0.05) is 49.5 Å². The molecule has 7 aromatic carbocycles. The summed E-state index contributed by atoms with van der Waals surface area (Å²) >= 11 is 0. The average Bonchev–Trinajstić information content (AvgIpc) is 3.53. The Hall–Kier alpha value is -6.91. The third kappa shape index (κ3) is 4.96. The van der Waals surface area contributed by atoms with Gasteiger partial charge in [-0.1, -0.05) is 133 Å². The largest absolute Gasteiger partial charge is 0.309 e. The number of rotatable bonds is 5. The Bertz CT molecular complexity index is 2820. The Balaban J connectivity index is 1.28. The van der Waals surface area contributed by atoms with Crippen LogP contribution < -0.4 is 0 Å². The normalized spacial score (nSPS) is 11.5. The second kappa shape index (κ2) is 11.9. The molecule has 0 radical (unpaired) electrons. The number of fused-ring (bicyclic) bond motifs is 6. The van der Waals surface area contributed by atoms with E-state index in [2.05, 4.69) is 162 Å². The molecule has 0 N–H and O–H groups in total. The van der Waals surface area contributed by atoms with E-state index in [0.29, 0.717) is 5.82 Å². The molecule has 4 nitrogen and oxygen atoms in total. The van der Waals surface area contributed by atoms with E-state index in [0.717, 1.165) is 83.1 Å². The molecule has 238 valence electrons. The summed E-state index contributed by atoms with van der Waals surface area (Å²) in [5, 5.41) is 5.77. The fraction of sp³-hybridized carbons (Fsp3) is 0. The van der Waals surface area contributed by atoms with Gasteiger partial charge in [-0.15, -0.1) is 0 Å². The molecule has 0 spiro atoms. The molecule has 10 aromatic rings. The first kappa shape index (κ1) is 29.0. The molecule has 0 aliphatic rings. The summed E-state index contributed by atoms with van der Waals surface area (Å²) in [6.07, 6.45) is 0. The van der Waals surface area contributed by atoms with E-state index in [1.807, 2.05) is 24.3 Å². The highest BCUT2D eigenvalue weighted by molar-refractivity contribution is 6.20. The van der Waals surface area contributed by atoms with Crippen LogP contribution in [0.5, 0.6) is 0 Å². The molecule has 0 saturated carbocycles. The Kier molecular flexibility index (Phi) is 6.78. The molecular weight excluding hydrogens is 621 g/mol. The van der Waals surface area contributed by atoms with Crippen LogP contribution in [0, 0.1) is 0 Å². The van der Waals surface area contributed by atoms with Gasteiger partial charge >= 0.3 is 0 Å². The van der Waals surface area contributed by atoms with E-state index >= 15 is 0 Å². The summed E-state index contributed by atoms with van der Waals surface area (Å²) in [7, 11) is 0. The van der Waals surface area contributed by atoms with E-state index < -0.39 is 0 Å². The van der Waals surface area contributed by atoms with Crippen LogP contribution in [0.3, 0.4) is 0 Å². The lowest BCUT2D eigenvalue weighted by molar-refractivity contribution is 1.18. The number of hydrogen-bond donors (Lipinski definition) is 0. The van der Waals surface area contributed by atoms with Crippen molar-refractivity contribution in [3.8, 4) is 50.8 Å². The fourth-order valence-electron chi connectivity index (χ4n) is 7.36. The summed E-state index contributed by atoms with van der Waals surface area (Å²) in [4.78, 5) is 15.4. The molecule has 10 rings (SSSR count). The van der Waals surface area contributed by atoms with Crippen LogP contribution in [0.1, 0.15) is 0 Å². The van der Waals surface area contributed by atoms with Crippen molar-refractivity contribution in [2.75, 3.05) is 0 Å². The standard InChI is InChI=1S/C47H30N4/c1-5-15-31(16-6-1)42-30-43(50-47(49-42)33-19-9-3-10-20-33)34-25-26-44-38(27-34)39-28-40-37(29-45(39)51(44)35-21-11-4-12-22-35)36-23-13-14-24-41(36)48-46(40)32-17-7-2-8-18-32/h1-30H. The van der Waals surface area contributed by atoms with Crippen LogP contribution in [0.2, 0.25) is 0 Å². The van der Waals surface area contributed by atoms with E-state index in [4.69, 9.17) is 15.0 Å². The average molecular weight is 651 g/mol. The summed E-state index contributed by atoms with van der Waals surface area (Å²) in [6, 6.07) is 63.7. The van der Waals surface area contributed by atoms with Gasteiger partial charge in [0.05, 0.1) is 33.6 Å². The highest BCUT2D eigenvalue weighted by atomic mass is 15.0. The van der Waals surface area contributed by atoms with Crippen LogP contribution in [0.4, 0.5) is 0 Å². The molecule has 0 fully saturated rings. The number of pyridine rings is 1. The molecule has 3 heterocycles. The molecule has 0 amide bonds. The Morgan fingerprint density at radius 3 is 1.65 bits per heavy atom. The van der Waals surface area contributed by atoms with Crippen molar-refractivity contribution < 1.29 is 0 Å². The number of para-hydroxylation sites is 2. The molecule has 3 aromatic heterocycles.